The van der Waals surface area contributed by atoms with Gasteiger partial charge in [-0.1, -0.05) is 11.6 Å². The van der Waals surface area contributed by atoms with Gasteiger partial charge in [0.05, 0.1) is 12.8 Å². The molecule has 2 aromatic heterocycles. The molecule has 4 nitrogen and oxygen atoms in total. The first-order chi connectivity index (χ1) is 8.63. The van der Waals surface area contributed by atoms with Crippen LogP contribution in [0, 0.1) is 13.8 Å². The van der Waals surface area contributed by atoms with Crippen molar-refractivity contribution in [1.29, 1.82) is 0 Å². The Balaban J connectivity index is 2.30. The van der Waals surface area contributed by atoms with E-state index < -0.39 is 0 Å². The lowest BCUT2D eigenvalue weighted by Crippen LogP contribution is -2.24. The fourth-order valence-electron chi connectivity index (χ4n) is 1.79. The Kier molecular flexibility index (Phi) is 3.87. The summed E-state index contributed by atoms with van der Waals surface area (Å²) in [5.41, 5.74) is 2.03. The van der Waals surface area contributed by atoms with Crippen LogP contribution < -0.4 is 4.90 Å². The van der Waals surface area contributed by atoms with Gasteiger partial charge in [0.15, 0.2) is 11.0 Å². The molecule has 0 saturated carbocycles. The van der Waals surface area contributed by atoms with E-state index in [0.717, 1.165) is 29.2 Å². The number of hydrogen-bond acceptors (Lipinski definition) is 4. The van der Waals surface area contributed by atoms with E-state index in [9.17, 15) is 0 Å². The molecule has 0 aliphatic rings. The summed E-state index contributed by atoms with van der Waals surface area (Å²) in [6.45, 7) is 7.55. The summed E-state index contributed by atoms with van der Waals surface area (Å²) in [7, 11) is 0. The van der Waals surface area contributed by atoms with Crippen molar-refractivity contribution in [1.82, 2.24) is 10.2 Å². The van der Waals surface area contributed by atoms with Crippen molar-refractivity contribution < 1.29 is 4.42 Å². The summed E-state index contributed by atoms with van der Waals surface area (Å²) in [6.07, 6.45) is 1.68. The van der Waals surface area contributed by atoms with Crippen LogP contribution in [0.3, 0.4) is 0 Å². The molecule has 0 saturated heterocycles. The number of furan rings is 1. The second kappa shape index (κ2) is 5.40. The van der Waals surface area contributed by atoms with E-state index in [-0.39, 0.29) is 0 Å². The first-order valence-corrected chi connectivity index (χ1v) is 6.28. The highest BCUT2D eigenvalue weighted by Gasteiger charge is 2.15. The van der Waals surface area contributed by atoms with Crippen LogP contribution in [-0.2, 0) is 6.54 Å². The lowest BCUT2D eigenvalue weighted by Gasteiger charge is -2.22. The summed E-state index contributed by atoms with van der Waals surface area (Å²) in [6, 6.07) is 3.84. The fourth-order valence-corrected chi connectivity index (χ4v) is 1.97. The Morgan fingerprint density at radius 2 is 2.06 bits per heavy atom. The maximum atomic E-state index is 5.97. The summed E-state index contributed by atoms with van der Waals surface area (Å²) in [5, 5.41) is 8.64. The van der Waals surface area contributed by atoms with E-state index in [1.54, 1.807) is 6.26 Å². The maximum absolute atomic E-state index is 5.97. The Morgan fingerprint density at radius 3 is 2.67 bits per heavy atom. The minimum absolute atomic E-state index is 0.463. The van der Waals surface area contributed by atoms with E-state index in [1.165, 1.54) is 0 Å². The summed E-state index contributed by atoms with van der Waals surface area (Å²) in [4.78, 5) is 2.12. The second-order valence-corrected chi connectivity index (χ2v) is 4.52. The number of anilines is 1. The zero-order valence-corrected chi connectivity index (χ0v) is 11.5. The molecule has 0 N–H and O–H groups in total. The van der Waals surface area contributed by atoms with Gasteiger partial charge in [-0.15, -0.1) is 10.2 Å². The summed E-state index contributed by atoms with van der Waals surface area (Å²) < 4.78 is 5.37. The maximum Gasteiger partial charge on any atom is 0.155 e. The number of nitrogens with zero attached hydrogens (tertiary/aromatic N) is 3. The molecule has 2 rings (SSSR count). The van der Waals surface area contributed by atoms with Gasteiger partial charge in [0.1, 0.15) is 5.76 Å². The largest absolute Gasteiger partial charge is 0.467 e. The zero-order chi connectivity index (χ0) is 13.1. The van der Waals surface area contributed by atoms with Crippen molar-refractivity contribution in [2.45, 2.75) is 27.3 Å². The average molecular weight is 266 g/mol. The molecular weight excluding hydrogens is 250 g/mol. The van der Waals surface area contributed by atoms with Crippen LogP contribution in [-0.4, -0.2) is 16.7 Å². The topological polar surface area (TPSA) is 42.2 Å². The third kappa shape index (κ3) is 2.48. The van der Waals surface area contributed by atoms with Crippen LogP contribution >= 0.6 is 11.6 Å². The van der Waals surface area contributed by atoms with Crippen molar-refractivity contribution in [2.24, 2.45) is 0 Å². The van der Waals surface area contributed by atoms with E-state index >= 15 is 0 Å². The SMILES string of the molecule is CCN(Cc1ccco1)c1nnc(Cl)c(C)c1C. The van der Waals surface area contributed by atoms with Gasteiger partial charge < -0.3 is 9.32 Å². The van der Waals surface area contributed by atoms with Gasteiger partial charge in [-0.3, -0.25) is 0 Å². The Hall–Kier alpha value is -1.55. The van der Waals surface area contributed by atoms with Crippen LogP contribution in [0.1, 0.15) is 23.8 Å². The summed E-state index contributed by atoms with van der Waals surface area (Å²) >= 11 is 5.97. The molecule has 5 heteroatoms. The van der Waals surface area contributed by atoms with Crippen molar-refractivity contribution >= 4 is 17.4 Å². The van der Waals surface area contributed by atoms with Gasteiger partial charge in [-0.2, -0.15) is 0 Å². The summed E-state index contributed by atoms with van der Waals surface area (Å²) in [5.74, 6) is 1.77. The van der Waals surface area contributed by atoms with Gasteiger partial charge in [-0.05, 0) is 44.0 Å². The molecule has 0 aliphatic heterocycles. The lowest BCUT2D eigenvalue weighted by molar-refractivity contribution is 0.502. The van der Waals surface area contributed by atoms with Crippen LogP contribution in [0.15, 0.2) is 22.8 Å². The fraction of sp³-hybridized carbons (Fsp3) is 0.385. The average Bonchev–Trinajstić information content (AvgIpc) is 2.87. The van der Waals surface area contributed by atoms with Gasteiger partial charge in [0.25, 0.3) is 0 Å². The highest BCUT2D eigenvalue weighted by atomic mass is 35.5. The van der Waals surface area contributed by atoms with E-state index in [1.807, 2.05) is 26.0 Å². The predicted octanol–water partition coefficient (Wildman–Crippen LogP) is 3.37. The first-order valence-electron chi connectivity index (χ1n) is 5.90. The second-order valence-electron chi connectivity index (χ2n) is 4.16. The third-order valence-electron chi connectivity index (χ3n) is 3.05. The predicted molar refractivity (Wildman–Crippen MR) is 71.9 cm³/mol. The molecule has 0 fully saturated rings. The Bertz CT molecular complexity index is 525. The molecule has 0 bridgehead atoms. The van der Waals surface area contributed by atoms with Crippen molar-refractivity contribution in [3.8, 4) is 0 Å². The molecule has 0 unspecified atom stereocenters. The normalized spacial score (nSPS) is 10.7. The molecule has 2 aromatic rings. The smallest absolute Gasteiger partial charge is 0.155 e. The molecule has 0 amide bonds. The Morgan fingerprint density at radius 1 is 1.28 bits per heavy atom. The first kappa shape index (κ1) is 12.9. The zero-order valence-electron chi connectivity index (χ0n) is 10.8. The molecule has 18 heavy (non-hydrogen) atoms. The minimum Gasteiger partial charge on any atom is -0.467 e. The van der Waals surface area contributed by atoms with Gasteiger partial charge in [-0.25, -0.2) is 0 Å². The van der Waals surface area contributed by atoms with E-state index in [0.29, 0.717) is 11.7 Å². The molecule has 0 spiro atoms. The number of hydrogen-bond donors (Lipinski definition) is 0. The molecule has 0 atom stereocenters. The number of halogens is 1. The van der Waals surface area contributed by atoms with Crippen LogP contribution in [0.5, 0.6) is 0 Å². The molecule has 0 radical (unpaired) electrons. The Labute approximate surface area is 112 Å². The van der Waals surface area contributed by atoms with Gasteiger partial charge in [0.2, 0.25) is 0 Å². The third-order valence-corrected chi connectivity index (χ3v) is 3.41. The number of aromatic nitrogens is 2. The molecule has 2 heterocycles. The van der Waals surface area contributed by atoms with E-state index in [4.69, 9.17) is 16.0 Å². The molecule has 96 valence electrons. The highest BCUT2D eigenvalue weighted by Crippen LogP contribution is 2.24. The van der Waals surface area contributed by atoms with Crippen molar-refractivity contribution in [3.63, 3.8) is 0 Å². The molecule has 0 aromatic carbocycles. The minimum atomic E-state index is 0.463. The molecule has 0 aliphatic carbocycles. The lowest BCUT2D eigenvalue weighted by atomic mass is 10.2. The van der Waals surface area contributed by atoms with E-state index in [2.05, 4.69) is 22.0 Å². The van der Waals surface area contributed by atoms with Crippen molar-refractivity contribution in [2.75, 3.05) is 11.4 Å². The van der Waals surface area contributed by atoms with Crippen LogP contribution in [0.2, 0.25) is 5.15 Å². The van der Waals surface area contributed by atoms with Crippen LogP contribution in [0.4, 0.5) is 5.82 Å². The monoisotopic (exact) mass is 265 g/mol. The quantitative estimate of drug-likeness (QED) is 0.850. The highest BCUT2D eigenvalue weighted by molar-refractivity contribution is 6.30. The molecular formula is C13H16ClN3O. The number of rotatable bonds is 4. The van der Waals surface area contributed by atoms with Crippen molar-refractivity contribution in [3.05, 3.63) is 40.4 Å². The van der Waals surface area contributed by atoms with Gasteiger partial charge in [0, 0.05) is 6.54 Å². The van der Waals surface area contributed by atoms with Gasteiger partial charge >= 0.3 is 0 Å². The van der Waals surface area contributed by atoms with Crippen LogP contribution in [0.25, 0.3) is 0 Å². The standard InChI is InChI=1S/C13H16ClN3O/c1-4-17(8-11-6-5-7-18-11)13-10(3)9(2)12(14)15-16-13/h5-7H,4,8H2,1-3H3.